The zero-order valence-electron chi connectivity index (χ0n) is 20.4. The van der Waals surface area contributed by atoms with Crippen molar-refractivity contribution < 1.29 is 33.2 Å². The van der Waals surface area contributed by atoms with Crippen molar-refractivity contribution >= 4 is 15.7 Å². The van der Waals surface area contributed by atoms with E-state index in [4.69, 9.17) is 9.47 Å². The van der Waals surface area contributed by atoms with Gasteiger partial charge in [-0.3, -0.25) is 4.72 Å². The maximum Gasteiger partial charge on any atom is 0.229 e. The van der Waals surface area contributed by atoms with Crippen LogP contribution in [0, 0.1) is 0 Å². The summed E-state index contributed by atoms with van der Waals surface area (Å²) in [5.41, 5.74) is 2.59. The van der Waals surface area contributed by atoms with Gasteiger partial charge in [-0.05, 0) is 53.8 Å². The van der Waals surface area contributed by atoms with Crippen molar-refractivity contribution in [3.05, 3.63) is 77.4 Å². The fraction of sp³-hybridized carbons (Fsp3) is 0.308. The molecule has 36 heavy (non-hydrogen) atoms. The lowest BCUT2D eigenvalue weighted by Gasteiger charge is -2.23. The van der Waals surface area contributed by atoms with E-state index in [1.807, 2.05) is 30.3 Å². The van der Waals surface area contributed by atoms with Crippen molar-refractivity contribution in [2.75, 3.05) is 31.7 Å². The van der Waals surface area contributed by atoms with Crippen molar-refractivity contribution in [3.8, 4) is 23.0 Å². The lowest BCUT2D eigenvalue weighted by molar-refractivity contribution is 0.167. The Bertz CT molecular complexity index is 1240. The van der Waals surface area contributed by atoms with Crippen molar-refractivity contribution in [3.63, 3.8) is 0 Å². The molecule has 3 rings (SSSR count). The summed E-state index contributed by atoms with van der Waals surface area (Å²) in [5, 5.41) is 34.4. The quantitative estimate of drug-likeness (QED) is 0.232. The van der Waals surface area contributed by atoms with Gasteiger partial charge < -0.3 is 30.1 Å². The molecule has 0 radical (unpaired) electrons. The Hall–Kier alpha value is -3.47. The topological polar surface area (TPSA) is 137 Å². The molecule has 0 aromatic heterocycles. The standard InChI is InChI=1S/C26H32N2O7S/c1-34-24-14-19(15-25(35-2)26(24)31)21(12-17-7-5-4-6-8-17)27-16-20(29)11-18-9-10-23(30)22(13-18)28-36(3,32)33/h4-10,13-15,20-21,27-31H,11-12,16H2,1-3H3. The van der Waals surface area contributed by atoms with Crippen LogP contribution in [0.2, 0.25) is 0 Å². The molecule has 194 valence electrons. The molecule has 0 heterocycles. The molecule has 5 N–H and O–H groups in total. The van der Waals surface area contributed by atoms with Gasteiger partial charge in [0.15, 0.2) is 11.5 Å². The fourth-order valence-corrected chi connectivity index (χ4v) is 4.45. The van der Waals surface area contributed by atoms with Crippen LogP contribution < -0.4 is 19.5 Å². The number of anilines is 1. The molecule has 0 saturated carbocycles. The molecule has 0 bridgehead atoms. The number of nitrogens with one attached hydrogen (secondary N) is 2. The second-order valence-electron chi connectivity index (χ2n) is 8.51. The van der Waals surface area contributed by atoms with Crippen LogP contribution in [0.25, 0.3) is 0 Å². The predicted octanol–water partition coefficient (Wildman–Crippen LogP) is 2.96. The molecule has 9 nitrogen and oxygen atoms in total. The normalized spacial score (nSPS) is 13.1. The van der Waals surface area contributed by atoms with Crippen LogP contribution in [0.15, 0.2) is 60.7 Å². The summed E-state index contributed by atoms with van der Waals surface area (Å²) in [6, 6.07) is 17.6. The number of hydrogen-bond acceptors (Lipinski definition) is 8. The molecule has 3 aromatic rings. The summed E-state index contributed by atoms with van der Waals surface area (Å²) in [6.45, 7) is 0.221. The van der Waals surface area contributed by atoms with Gasteiger partial charge in [0.1, 0.15) is 5.75 Å². The molecular weight excluding hydrogens is 484 g/mol. The highest BCUT2D eigenvalue weighted by atomic mass is 32.2. The Morgan fingerprint density at radius 2 is 1.53 bits per heavy atom. The molecule has 0 spiro atoms. The van der Waals surface area contributed by atoms with Gasteiger partial charge in [-0.25, -0.2) is 8.42 Å². The summed E-state index contributed by atoms with van der Waals surface area (Å²) < 4.78 is 36.0. The number of rotatable bonds is 12. The summed E-state index contributed by atoms with van der Waals surface area (Å²) in [4.78, 5) is 0. The molecular formula is C26H32N2O7S. The third-order valence-corrected chi connectivity index (χ3v) is 6.21. The van der Waals surface area contributed by atoms with E-state index < -0.39 is 16.1 Å². The van der Waals surface area contributed by atoms with Gasteiger partial charge in [-0.2, -0.15) is 0 Å². The van der Waals surface area contributed by atoms with Crippen LogP contribution in [0.3, 0.4) is 0 Å². The molecule has 0 aliphatic rings. The van der Waals surface area contributed by atoms with Crippen molar-refractivity contribution in [1.82, 2.24) is 5.32 Å². The Kier molecular flexibility index (Phi) is 9.03. The minimum Gasteiger partial charge on any atom is -0.506 e. The molecule has 10 heteroatoms. The number of ether oxygens (including phenoxy) is 2. The monoisotopic (exact) mass is 516 g/mol. The van der Waals surface area contributed by atoms with Crippen molar-refractivity contribution in [2.24, 2.45) is 0 Å². The highest BCUT2D eigenvalue weighted by molar-refractivity contribution is 7.92. The molecule has 3 aromatic carbocycles. The zero-order valence-corrected chi connectivity index (χ0v) is 21.2. The first kappa shape index (κ1) is 27.1. The molecule has 0 saturated heterocycles. The van der Waals surface area contributed by atoms with E-state index in [0.717, 1.165) is 17.4 Å². The van der Waals surface area contributed by atoms with Gasteiger partial charge in [0, 0.05) is 12.6 Å². The molecule has 0 amide bonds. The number of hydrogen-bond donors (Lipinski definition) is 5. The second-order valence-corrected chi connectivity index (χ2v) is 10.3. The van der Waals surface area contributed by atoms with E-state index in [2.05, 4.69) is 10.0 Å². The van der Waals surface area contributed by atoms with Crippen molar-refractivity contribution in [1.29, 1.82) is 0 Å². The Labute approximate surface area is 211 Å². The van der Waals surface area contributed by atoms with Crippen LogP contribution in [0.4, 0.5) is 5.69 Å². The average molecular weight is 517 g/mol. The highest BCUT2D eigenvalue weighted by Gasteiger charge is 2.20. The molecule has 2 atom stereocenters. The van der Waals surface area contributed by atoms with Crippen LogP contribution in [0.5, 0.6) is 23.0 Å². The first-order valence-corrected chi connectivity index (χ1v) is 13.2. The second kappa shape index (κ2) is 12.0. The van der Waals surface area contributed by atoms with E-state index in [1.54, 1.807) is 18.2 Å². The van der Waals surface area contributed by atoms with E-state index >= 15 is 0 Å². The number of aliphatic hydroxyl groups is 1. The number of methoxy groups -OCH3 is 2. The van der Waals surface area contributed by atoms with E-state index in [-0.39, 0.29) is 47.7 Å². The lowest BCUT2D eigenvalue weighted by Crippen LogP contribution is -2.32. The smallest absolute Gasteiger partial charge is 0.229 e. The molecule has 0 aliphatic carbocycles. The van der Waals surface area contributed by atoms with E-state index in [0.29, 0.717) is 12.0 Å². The average Bonchev–Trinajstić information content (AvgIpc) is 2.84. The summed E-state index contributed by atoms with van der Waals surface area (Å²) in [5.74, 6) is 0.266. The minimum absolute atomic E-state index is 0.0559. The number of phenolic OH excluding ortho intramolecular Hbond substituents is 2. The van der Waals surface area contributed by atoms with Crippen LogP contribution >= 0.6 is 0 Å². The Morgan fingerprint density at radius 3 is 2.11 bits per heavy atom. The number of aliphatic hydroxyl groups excluding tert-OH is 1. The minimum atomic E-state index is -3.56. The van der Waals surface area contributed by atoms with E-state index in [1.165, 1.54) is 26.4 Å². The zero-order chi connectivity index (χ0) is 26.3. The van der Waals surface area contributed by atoms with Gasteiger partial charge >= 0.3 is 0 Å². The first-order valence-electron chi connectivity index (χ1n) is 11.3. The lowest BCUT2D eigenvalue weighted by atomic mass is 9.97. The molecule has 0 aliphatic heterocycles. The van der Waals surface area contributed by atoms with E-state index in [9.17, 15) is 23.7 Å². The van der Waals surface area contributed by atoms with Crippen LogP contribution in [0.1, 0.15) is 22.7 Å². The van der Waals surface area contributed by atoms with Gasteiger partial charge in [0.2, 0.25) is 15.8 Å². The van der Waals surface area contributed by atoms with Gasteiger partial charge in [-0.1, -0.05) is 36.4 Å². The van der Waals surface area contributed by atoms with Gasteiger partial charge in [0.05, 0.1) is 32.3 Å². The summed E-state index contributed by atoms with van der Waals surface area (Å²) in [7, 11) is -0.636. The number of aromatic hydroxyl groups is 2. The summed E-state index contributed by atoms with van der Waals surface area (Å²) >= 11 is 0. The number of sulfonamides is 1. The first-order chi connectivity index (χ1) is 17.1. The maximum atomic E-state index is 11.5. The largest absolute Gasteiger partial charge is 0.506 e. The highest BCUT2D eigenvalue weighted by Crippen LogP contribution is 2.39. The third kappa shape index (κ3) is 7.51. The summed E-state index contributed by atoms with van der Waals surface area (Å²) in [6.07, 6.45) is 1.02. The SMILES string of the molecule is COc1cc(C(Cc2ccccc2)NCC(O)Cc2ccc(O)c(NS(C)(=O)=O)c2)cc(OC)c1O. The Morgan fingerprint density at radius 1 is 0.889 bits per heavy atom. The van der Waals surface area contributed by atoms with Crippen LogP contribution in [-0.2, 0) is 22.9 Å². The van der Waals surface area contributed by atoms with Crippen molar-refractivity contribution in [2.45, 2.75) is 25.0 Å². The molecule has 0 fully saturated rings. The van der Waals surface area contributed by atoms with Gasteiger partial charge in [-0.15, -0.1) is 0 Å². The third-order valence-electron chi connectivity index (χ3n) is 5.61. The number of benzene rings is 3. The molecule has 2 unspecified atom stereocenters. The number of phenols is 2. The Balaban J connectivity index is 1.79. The van der Waals surface area contributed by atoms with Gasteiger partial charge in [0.25, 0.3) is 0 Å². The predicted molar refractivity (Wildman–Crippen MR) is 138 cm³/mol. The van der Waals surface area contributed by atoms with Crippen LogP contribution in [-0.4, -0.2) is 56.9 Å². The fourth-order valence-electron chi connectivity index (χ4n) is 3.89. The maximum absolute atomic E-state index is 11.5.